The maximum atomic E-state index is 12.9. The second-order valence-electron chi connectivity index (χ2n) is 8.61. The van der Waals surface area contributed by atoms with Gasteiger partial charge >= 0.3 is 5.97 Å². The number of nitrogens with zero attached hydrogens (tertiary/aromatic N) is 2. The highest BCUT2D eigenvalue weighted by Gasteiger charge is 2.29. The minimum atomic E-state index is -0.307. The molecule has 5 heteroatoms. The summed E-state index contributed by atoms with van der Waals surface area (Å²) in [5.41, 5.74) is 9.06. The van der Waals surface area contributed by atoms with Crippen LogP contribution in [-0.4, -0.2) is 29.2 Å². The molecule has 0 radical (unpaired) electrons. The van der Waals surface area contributed by atoms with Gasteiger partial charge in [-0.15, -0.1) is 0 Å². The highest BCUT2D eigenvalue weighted by atomic mass is 16.5. The van der Waals surface area contributed by atoms with Crippen molar-refractivity contribution >= 4 is 5.97 Å². The number of aryl methyl sites for hydroxylation is 3. The molecule has 0 aliphatic heterocycles. The number of benzene rings is 2. The molecule has 5 rings (SSSR count). The van der Waals surface area contributed by atoms with Crippen molar-refractivity contribution in [3.05, 3.63) is 94.7 Å². The number of fused-ring (bicyclic) bond motifs is 3. The molecular formula is C29H28N2O3. The van der Waals surface area contributed by atoms with Crippen molar-refractivity contribution < 1.29 is 14.3 Å². The maximum Gasteiger partial charge on any atom is 0.354 e. The van der Waals surface area contributed by atoms with E-state index in [9.17, 15) is 4.79 Å². The molecule has 34 heavy (non-hydrogen) atoms. The molecular weight excluding hydrogens is 424 g/mol. The standard InChI is InChI=1S/C29H28N2O3/c1-4-34-29(32)25-17-23-15-14-22-16-24(21-8-6-5-7-9-21)28(33-3)30-26(22)27(23)31(25)18-20-12-10-19(2)11-13-20/h5-13,16-17H,4,14-15,18H2,1-3H3. The summed E-state index contributed by atoms with van der Waals surface area (Å²) in [6.45, 7) is 4.80. The van der Waals surface area contributed by atoms with Crippen LogP contribution in [0.25, 0.3) is 22.5 Å². The normalized spacial score (nSPS) is 12.1. The number of pyridine rings is 1. The van der Waals surface area contributed by atoms with E-state index >= 15 is 0 Å². The summed E-state index contributed by atoms with van der Waals surface area (Å²) in [6.07, 6.45) is 1.70. The smallest absolute Gasteiger partial charge is 0.354 e. The monoisotopic (exact) mass is 452 g/mol. The number of ether oxygens (including phenoxy) is 2. The molecule has 1 aliphatic rings. The number of carbonyl (C=O) groups is 1. The Morgan fingerprint density at radius 3 is 2.44 bits per heavy atom. The van der Waals surface area contributed by atoms with Crippen LogP contribution in [0.3, 0.4) is 0 Å². The molecule has 2 aromatic carbocycles. The van der Waals surface area contributed by atoms with Gasteiger partial charge in [-0.3, -0.25) is 0 Å². The predicted octanol–water partition coefficient (Wildman–Crippen LogP) is 5.86. The van der Waals surface area contributed by atoms with Gasteiger partial charge in [0.05, 0.1) is 25.1 Å². The minimum absolute atomic E-state index is 0.307. The zero-order chi connectivity index (χ0) is 23.7. The number of rotatable bonds is 6. The van der Waals surface area contributed by atoms with Crippen LogP contribution >= 0.6 is 0 Å². The van der Waals surface area contributed by atoms with E-state index in [2.05, 4.69) is 54.0 Å². The lowest BCUT2D eigenvalue weighted by atomic mass is 9.91. The van der Waals surface area contributed by atoms with Crippen molar-refractivity contribution in [3.63, 3.8) is 0 Å². The molecule has 0 unspecified atom stereocenters. The Balaban J connectivity index is 1.68. The molecule has 0 N–H and O–H groups in total. The number of carbonyl (C=O) groups excluding carboxylic acids is 1. The summed E-state index contributed by atoms with van der Waals surface area (Å²) < 4.78 is 13.2. The topological polar surface area (TPSA) is 53.4 Å². The molecule has 5 nitrogen and oxygen atoms in total. The fourth-order valence-electron chi connectivity index (χ4n) is 4.67. The number of hydrogen-bond acceptors (Lipinski definition) is 4. The van der Waals surface area contributed by atoms with E-state index in [4.69, 9.17) is 14.5 Å². The second-order valence-corrected chi connectivity index (χ2v) is 8.61. The summed E-state index contributed by atoms with van der Waals surface area (Å²) in [4.78, 5) is 17.9. The van der Waals surface area contributed by atoms with Crippen LogP contribution in [0.2, 0.25) is 0 Å². The first-order valence-electron chi connectivity index (χ1n) is 11.7. The van der Waals surface area contributed by atoms with Crippen molar-refractivity contribution in [1.82, 2.24) is 9.55 Å². The lowest BCUT2D eigenvalue weighted by Gasteiger charge is -2.22. The van der Waals surface area contributed by atoms with E-state index in [1.165, 1.54) is 5.56 Å². The van der Waals surface area contributed by atoms with Gasteiger partial charge in [-0.1, -0.05) is 60.2 Å². The van der Waals surface area contributed by atoms with E-state index in [0.717, 1.165) is 52.0 Å². The lowest BCUT2D eigenvalue weighted by molar-refractivity contribution is 0.0514. The number of methoxy groups -OCH3 is 1. The summed E-state index contributed by atoms with van der Waals surface area (Å²) in [6, 6.07) is 22.7. The molecule has 0 bridgehead atoms. The fourth-order valence-corrected chi connectivity index (χ4v) is 4.67. The minimum Gasteiger partial charge on any atom is -0.481 e. The quantitative estimate of drug-likeness (QED) is 0.344. The zero-order valence-corrected chi connectivity index (χ0v) is 19.8. The van der Waals surface area contributed by atoms with Crippen molar-refractivity contribution in [2.45, 2.75) is 33.2 Å². The van der Waals surface area contributed by atoms with Crippen LogP contribution in [0.4, 0.5) is 0 Å². The van der Waals surface area contributed by atoms with Gasteiger partial charge in [0.1, 0.15) is 5.69 Å². The van der Waals surface area contributed by atoms with Gasteiger partial charge < -0.3 is 14.0 Å². The van der Waals surface area contributed by atoms with Crippen LogP contribution in [0.1, 0.15) is 39.7 Å². The van der Waals surface area contributed by atoms with Crippen LogP contribution in [0, 0.1) is 6.92 Å². The molecule has 2 heterocycles. The van der Waals surface area contributed by atoms with Gasteiger partial charge in [0, 0.05) is 12.1 Å². The van der Waals surface area contributed by atoms with Crippen LogP contribution < -0.4 is 4.74 Å². The second kappa shape index (κ2) is 9.18. The first-order chi connectivity index (χ1) is 16.6. The Morgan fingerprint density at radius 1 is 1.00 bits per heavy atom. The Labute approximate surface area is 200 Å². The van der Waals surface area contributed by atoms with E-state index in [1.807, 2.05) is 31.2 Å². The van der Waals surface area contributed by atoms with Gasteiger partial charge in [0.15, 0.2) is 0 Å². The molecule has 0 saturated heterocycles. The molecule has 0 saturated carbocycles. The Hall–Kier alpha value is -3.86. The number of hydrogen-bond donors (Lipinski definition) is 0. The van der Waals surface area contributed by atoms with Crippen LogP contribution in [0.15, 0.2) is 66.7 Å². The Morgan fingerprint density at radius 2 is 1.74 bits per heavy atom. The van der Waals surface area contributed by atoms with Crippen molar-refractivity contribution in [2.24, 2.45) is 0 Å². The third-order valence-corrected chi connectivity index (χ3v) is 6.35. The molecule has 2 aromatic heterocycles. The Kier molecular flexibility index (Phi) is 5.93. The summed E-state index contributed by atoms with van der Waals surface area (Å²) in [7, 11) is 1.65. The molecule has 0 fully saturated rings. The highest BCUT2D eigenvalue weighted by molar-refractivity contribution is 5.91. The molecule has 0 spiro atoms. The largest absolute Gasteiger partial charge is 0.481 e. The molecule has 0 amide bonds. The first kappa shape index (κ1) is 22.0. The molecule has 1 aliphatic carbocycles. The Bertz CT molecular complexity index is 1340. The van der Waals surface area contributed by atoms with Crippen LogP contribution in [-0.2, 0) is 24.1 Å². The average Bonchev–Trinajstić information content (AvgIpc) is 3.24. The van der Waals surface area contributed by atoms with Gasteiger partial charge in [-0.2, -0.15) is 0 Å². The van der Waals surface area contributed by atoms with E-state index < -0.39 is 0 Å². The fraction of sp³-hybridized carbons (Fsp3) is 0.241. The molecule has 0 atom stereocenters. The van der Waals surface area contributed by atoms with Gasteiger partial charge in [-0.05, 0) is 61.1 Å². The van der Waals surface area contributed by atoms with Crippen LogP contribution in [0.5, 0.6) is 5.88 Å². The SMILES string of the molecule is CCOC(=O)c1cc2c(n1Cc1ccc(C)cc1)-c1nc(OC)c(-c3ccccc3)cc1CC2. The molecule has 172 valence electrons. The maximum absolute atomic E-state index is 12.9. The van der Waals surface area contributed by atoms with E-state index in [-0.39, 0.29) is 5.97 Å². The van der Waals surface area contributed by atoms with Crippen molar-refractivity contribution in [3.8, 4) is 28.4 Å². The number of esters is 1. The van der Waals surface area contributed by atoms with E-state index in [1.54, 1.807) is 7.11 Å². The number of aromatic nitrogens is 2. The highest BCUT2D eigenvalue weighted by Crippen LogP contribution is 2.40. The third-order valence-electron chi connectivity index (χ3n) is 6.35. The van der Waals surface area contributed by atoms with Gasteiger partial charge in [-0.25, -0.2) is 9.78 Å². The van der Waals surface area contributed by atoms with Gasteiger partial charge in [0.2, 0.25) is 5.88 Å². The molecule has 4 aromatic rings. The predicted molar refractivity (Wildman–Crippen MR) is 133 cm³/mol. The average molecular weight is 453 g/mol. The summed E-state index contributed by atoms with van der Waals surface area (Å²) in [5, 5.41) is 0. The summed E-state index contributed by atoms with van der Waals surface area (Å²) in [5.74, 6) is 0.275. The van der Waals surface area contributed by atoms with Crippen molar-refractivity contribution in [1.29, 1.82) is 0 Å². The van der Waals surface area contributed by atoms with Gasteiger partial charge in [0.25, 0.3) is 0 Å². The zero-order valence-electron chi connectivity index (χ0n) is 19.8. The van der Waals surface area contributed by atoms with Crippen molar-refractivity contribution in [2.75, 3.05) is 13.7 Å². The van der Waals surface area contributed by atoms with E-state index in [0.29, 0.717) is 24.7 Å². The third kappa shape index (κ3) is 3.98. The first-order valence-corrected chi connectivity index (χ1v) is 11.7. The summed E-state index contributed by atoms with van der Waals surface area (Å²) >= 11 is 0. The lowest BCUT2D eigenvalue weighted by Crippen LogP contribution is -2.16.